The number of rotatable bonds is 4. The molecule has 3 rings (SSSR count). The van der Waals surface area contributed by atoms with E-state index in [2.05, 4.69) is 9.97 Å². The van der Waals surface area contributed by atoms with Crippen molar-refractivity contribution in [2.75, 3.05) is 19.7 Å². The van der Waals surface area contributed by atoms with Crippen molar-refractivity contribution in [1.82, 2.24) is 14.9 Å². The van der Waals surface area contributed by atoms with Gasteiger partial charge < -0.3 is 19.7 Å². The number of nitrogens with one attached hydrogen (secondary N) is 1. The van der Waals surface area contributed by atoms with Gasteiger partial charge in [0.2, 0.25) is 0 Å². The zero-order valence-electron chi connectivity index (χ0n) is 13.7. The van der Waals surface area contributed by atoms with E-state index in [4.69, 9.17) is 4.74 Å². The Morgan fingerprint density at radius 3 is 3.04 bits per heavy atom. The monoisotopic (exact) mass is 347 g/mol. The molecule has 1 aromatic carbocycles. The van der Waals surface area contributed by atoms with E-state index in [1.807, 2.05) is 0 Å². The summed E-state index contributed by atoms with van der Waals surface area (Å²) in [7, 11) is 0. The third-order valence-corrected chi connectivity index (χ3v) is 4.08. The Morgan fingerprint density at radius 2 is 2.32 bits per heavy atom. The smallest absolute Gasteiger partial charge is 0.263 e. The topological polar surface area (TPSA) is 95.5 Å². The summed E-state index contributed by atoms with van der Waals surface area (Å²) in [5.41, 5.74) is -1.84. The number of amides is 1. The van der Waals surface area contributed by atoms with Crippen molar-refractivity contribution >= 4 is 5.91 Å². The van der Waals surface area contributed by atoms with E-state index < -0.39 is 22.9 Å². The lowest BCUT2D eigenvalue weighted by molar-refractivity contribution is 0.00420. The SMILES string of the molecule is Cc1ncc(C(=O)N2CC[C@](O)(COc3cccc(F)c3)C2)c(=O)[nH]1. The van der Waals surface area contributed by atoms with Crippen molar-refractivity contribution in [3.8, 4) is 5.75 Å². The number of H-pyrrole nitrogens is 1. The molecule has 0 radical (unpaired) electrons. The van der Waals surface area contributed by atoms with Gasteiger partial charge in [0, 0.05) is 18.8 Å². The first-order chi connectivity index (χ1) is 11.9. The quantitative estimate of drug-likeness (QED) is 0.856. The van der Waals surface area contributed by atoms with Crippen LogP contribution in [0.5, 0.6) is 5.75 Å². The van der Waals surface area contributed by atoms with E-state index >= 15 is 0 Å². The summed E-state index contributed by atoms with van der Waals surface area (Å²) < 4.78 is 18.6. The van der Waals surface area contributed by atoms with E-state index in [0.717, 1.165) is 0 Å². The molecular weight excluding hydrogens is 329 g/mol. The number of carbonyl (C=O) groups excluding carboxylic acids is 1. The lowest BCUT2D eigenvalue weighted by Gasteiger charge is -2.23. The third-order valence-electron chi connectivity index (χ3n) is 4.08. The molecule has 2 aromatic rings. The Morgan fingerprint density at radius 1 is 1.52 bits per heavy atom. The van der Waals surface area contributed by atoms with Crippen molar-refractivity contribution in [3.05, 3.63) is 58.0 Å². The van der Waals surface area contributed by atoms with Gasteiger partial charge in [0.25, 0.3) is 11.5 Å². The lowest BCUT2D eigenvalue weighted by Crippen LogP contribution is -2.41. The standard InChI is InChI=1S/C17H18FN3O4/c1-11-19-8-14(15(22)20-11)16(23)21-6-5-17(24,9-21)10-25-13-4-2-3-12(18)7-13/h2-4,7-8,24H,5-6,9-10H2,1H3,(H,19,20,22)/t17-/m1/s1. The molecule has 2 N–H and O–H groups in total. The van der Waals surface area contributed by atoms with Gasteiger partial charge in [-0.1, -0.05) is 6.07 Å². The number of halogens is 1. The molecule has 7 nitrogen and oxygen atoms in total. The maximum Gasteiger partial charge on any atom is 0.263 e. The Labute approximate surface area is 143 Å². The molecule has 0 saturated carbocycles. The van der Waals surface area contributed by atoms with Crippen molar-refractivity contribution in [3.63, 3.8) is 0 Å². The van der Waals surface area contributed by atoms with Crippen LogP contribution in [0, 0.1) is 12.7 Å². The van der Waals surface area contributed by atoms with Crippen LogP contribution >= 0.6 is 0 Å². The van der Waals surface area contributed by atoms with E-state index in [-0.39, 0.29) is 25.3 Å². The average molecular weight is 347 g/mol. The summed E-state index contributed by atoms with van der Waals surface area (Å²) in [6.45, 7) is 1.85. The second-order valence-corrected chi connectivity index (χ2v) is 6.16. The minimum Gasteiger partial charge on any atom is -0.490 e. The molecule has 1 saturated heterocycles. The van der Waals surface area contributed by atoms with Gasteiger partial charge in [0.05, 0.1) is 6.54 Å². The van der Waals surface area contributed by atoms with Crippen LogP contribution in [0.4, 0.5) is 4.39 Å². The van der Waals surface area contributed by atoms with Crippen LogP contribution in [0.15, 0.2) is 35.3 Å². The minimum atomic E-state index is -1.26. The van der Waals surface area contributed by atoms with Gasteiger partial charge in [-0.25, -0.2) is 9.37 Å². The zero-order valence-corrected chi connectivity index (χ0v) is 13.7. The molecule has 25 heavy (non-hydrogen) atoms. The maximum absolute atomic E-state index is 13.2. The van der Waals surface area contributed by atoms with Crippen LogP contribution in [0.3, 0.4) is 0 Å². The van der Waals surface area contributed by atoms with Crippen LogP contribution < -0.4 is 10.3 Å². The molecule has 0 aliphatic carbocycles. The van der Waals surface area contributed by atoms with Crippen LogP contribution in [0.25, 0.3) is 0 Å². The van der Waals surface area contributed by atoms with Crippen molar-refractivity contribution in [2.24, 2.45) is 0 Å². The number of aliphatic hydroxyl groups is 1. The van der Waals surface area contributed by atoms with E-state index in [1.165, 1.54) is 29.3 Å². The molecule has 1 aromatic heterocycles. The number of ether oxygens (including phenoxy) is 1. The van der Waals surface area contributed by atoms with Gasteiger partial charge in [-0.15, -0.1) is 0 Å². The molecule has 1 fully saturated rings. The molecule has 8 heteroatoms. The van der Waals surface area contributed by atoms with Crippen LogP contribution in [0.2, 0.25) is 0 Å². The Bertz CT molecular complexity index is 854. The second kappa shape index (κ2) is 6.64. The summed E-state index contributed by atoms with van der Waals surface area (Å²) in [5, 5.41) is 10.6. The highest BCUT2D eigenvalue weighted by molar-refractivity contribution is 5.93. The molecule has 0 unspecified atom stereocenters. The highest BCUT2D eigenvalue weighted by Gasteiger charge is 2.39. The Kier molecular flexibility index (Phi) is 4.54. The number of hydrogen-bond acceptors (Lipinski definition) is 5. The van der Waals surface area contributed by atoms with Crippen molar-refractivity contribution < 1.29 is 19.0 Å². The zero-order chi connectivity index (χ0) is 18.0. The van der Waals surface area contributed by atoms with Crippen LogP contribution in [-0.4, -0.2) is 51.2 Å². The van der Waals surface area contributed by atoms with Crippen LogP contribution in [-0.2, 0) is 0 Å². The average Bonchev–Trinajstić information content (AvgIpc) is 2.96. The number of hydrogen-bond donors (Lipinski definition) is 2. The third kappa shape index (κ3) is 3.85. The first kappa shape index (κ1) is 17.1. The summed E-state index contributed by atoms with van der Waals surface area (Å²) >= 11 is 0. The molecule has 2 heterocycles. The normalized spacial score (nSPS) is 19.9. The number of likely N-dealkylation sites (tertiary alicyclic amines) is 1. The Balaban J connectivity index is 1.65. The number of aryl methyl sites for hydroxylation is 1. The summed E-state index contributed by atoms with van der Waals surface area (Å²) in [6, 6.07) is 5.61. The first-order valence-electron chi connectivity index (χ1n) is 7.82. The van der Waals surface area contributed by atoms with Gasteiger partial charge in [-0.2, -0.15) is 0 Å². The molecule has 0 spiro atoms. The number of aromatic nitrogens is 2. The molecule has 1 aliphatic heterocycles. The minimum absolute atomic E-state index is 0.0223. The summed E-state index contributed by atoms with van der Waals surface area (Å²) in [4.78, 5) is 32.1. The van der Waals surface area contributed by atoms with Crippen molar-refractivity contribution in [2.45, 2.75) is 18.9 Å². The predicted molar refractivity (Wildman–Crippen MR) is 87.0 cm³/mol. The summed E-state index contributed by atoms with van der Waals surface area (Å²) in [6.07, 6.45) is 1.53. The highest BCUT2D eigenvalue weighted by Crippen LogP contribution is 2.24. The van der Waals surface area contributed by atoms with Gasteiger partial charge in [0.1, 0.15) is 35.2 Å². The maximum atomic E-state index is 13.2. The van der Waals surface area contributed by atoms with Crippen molar-refractivity contribution in [1.29, 1.82) is 0 Å². The molecule has 132 valence electrons. The van der Waals surface area contributed by atoms with Gasteiger partial charge in [-0.3, -0.25) is 9.59 Å². The number of β-amino-alcohol motifs (C(OH)–C–C–N with tert-alkyl or cyclic N) is 1. The highest BCUT2D eigenvalue weighted by atomic mass is 19.1. The largest absolute Gasteiger partial charge is 0.490 e. The van der Waals surface area contributed by atoms with Gasteiger partial charge in [-0.05, 0) is 25.5 Å². The molecule has 1 amide bonds. The Hall–Kier alpha value is -2.74. The number of aromatic amines is 1. The van der Waals surface area contributed by atoms with Gasteiger partial charge in [0.15, 0.2) is 0 Å². The number of carbonyl (C=O) groups is 1. The van der Waals surface area contributed by atoms with E-state index in [9.17, 15) is 19.1 Å². The van der Waals surface area contributed by atoms with E-state index in [1.54, 1.807) is 13.0 Å². The molecule has 1 aliphatic rings. The fourth-order valence-corrected chi connectivity index (χ4v) is 2.73. The van der Waals surface area contributed by atoms with E-state index in [0.29, 0.717) is 18.0 Å². The first-order valence-corrected chi connectivity index (χ1v) is 7.82. The fourth-order valence-electron chi connectivity index (χ4n) is 2.73. The second-order valence-electron chi connectivity index (χ2n) is 6.16. The van der Waals surface area contributed by atoms with Crippen LogP contribution in [0.1, 0.15) is 22.6 Å². The number of benzene rings is 1. The predicted octanol–water partition coefficient (Wildman–Crippen LogP) is 0.873. The summed E-state index contributed by atoms with van der Waals surface area (Å²) in [5.74, 6) is -0.199. The van der Waals surface area contributed by atoms with Gasteiger partial charge >= 0.3 is 0 Å². The molecule has 1 atom stereocenters. The molecular formula is C17H18FN3O4. The number of nitrogens with zero attached hydrogens (tertiary/aromatic N) is 2. The lowest BCUT2D eigenvalue weighted by atomic mass is 10.1. The fraction of sp³-hybridized carbons (Fsp3) is 0.353. The molecule has 0 bridgehead atoms.